The molecule has 0 aromatic carbocycles. The van der Waals surface area contributed by atoms with Gasteiger partial charge in [-0.1, -0.05) is 72.1 Å². The molecular weight excluding hydrogens is 404 g/mol. The second-order valence-corrected chi connectivity index (χ2v) is 13.8. The molecule has 4 aliphatic carbocycles. The van der Waals surface area contributed by atoms with Crippen LogP contribution in [0.4, 0.5) is 0 Å². The first kappa shape index (κ1) is 23.7. The van der Waals surface area contributed by atoms with Crippen LogP contribution in [0.2, 0.25) is 0 Å². The number of rotatable bonds is 5. The molecule has 1 spiro atoms. The maximum Gasteiger partial charge on any atom is 0.334 e. The lowest BCUT2D eigenvalue weighted by Crippen LogP contribution is -2.52. The van der Waals surface area contributed by atoms with E-state index in [1.165, 1.54) is 57.8 Å². The van der Waals surface area contributed by atoms with Gasteiger partial charge in [0.15, 0.2) is 0 Å². The van der Waals surface area contributed by atoms with Gasteiger partial charge in [-0.25, -0.2) is 4.79 Å². The van der Waals surface area contributed by atoms with Gasteiger partial charge in [-0.05, 0) is 91.3 Å². The summed E-state index contributed by atoms with van der Waals surface area (Å²) in [4.78, 5) is 12.1. The summed E-state index contributed by atoms with van der Waals surface area (Å²) in [5, 5.41) is 0. The van der Waals surface area contributed by atoms with Crippen LogP contribution in [0.1, 0.15) is 112 Å². The van der Waals surface area contributed by atoms with Crippen molar-refractivity contribution < 1.29 is 9.53 Å². The van der Waals surface area contributed by atoms with Crippen LogP contribution >= 0.6 is 0 Å². The Hall–Kier alpha value is -1.05. The molecule has 1 heterocycles. The average Bonchev–Trinajstić information content (AvgIpc) is 3.24. The number of fused-ring (bicyclic) bond motifs is 5. The van der Waals surface area contributed by atoms with Crippen LogP contribution in [0.25, 0.3) is 0 Å². The molecule has 1 aliphatic heterocycles. The lowest BCUT2D eigenvalue weighted by atomic mass is 9.46. The third-order valence-corrected chi connectivity index (χ3v) is 11.6. The van der Waals surface area contributed by atoms with Crippen LogP contribution in [0, 0.1) is 46.3 Å². The third-order valence-electron chi connectivity index (χ3n) is 11.6. The predicted octanol–water partition coefficient (Wildman–Crippen LogP) is 8.27. The second kappa shape index (κ2) is 8.27. The van der Waals surface area contributed by atoms with E-state index >= 15 is 0 Å². The lowest BCUT2D eigenvalue weighted by Gasteiger charge is -2.59. The van der Waals surface area contributed by atoms with Crippen LogP contribution in [0.3, 0.4) is 0 Å². The Bertz CT molecular complexity index is 820. The van der Waals surface area contributed by atoms with E-state index in [0.717, 1.165) is 54.8 Å². The number of ether oxygens (including phenoxy) is 1. The van der Waals surface area contributed by atoms with Crippen molar-refractivity contribution in [3.05, 3.63) is 23.8 Å². The van der Waals surface area contributed by atoms with Crippen LogP contribution in [0.15, 0.2) is 23.8 Å². The SMILES string of the molecule is C=C1C[C@@]2(CC[C@@]3(C)C(=CC[C@H]4[C@@H]5CC[C@H]([C@H](C)CCCC(C)C)[C@@]5(C)CC[C@@H]43)C2)OC1=O. The number of esters is 1. The number of hydrogen-bond acceptors (Lipinski definition) is 2. The summed E-state index contributed by atoms with van der Waals surface area (Å²) in [5.74, 6) is 5.07. The average molecular weight is 453 g/mol. The Labute approximate surface area is 203 Å². The summed E-state index contributed by atoms with van der Waals surface area (Å²) < 4.78 is 5.93. The largest absolute Gasteiger partial charge is 0.455 e. The molecule has 2 heteroatoms. The van der Waals surface area contributed by atoms with Gasteiger partial charge in [0.05, 0.1) is 0 Å². The normalized spacial score (nSPS) is 45.5. The van der Waals surface area contributed by atoms with Gasteiger partial charge in [0.1, 0.15) is 5.60 Å². The van der Waals surface area contributed by atoms with Gasteiger partial charge in [0.2, 0.25) is 0 Å². The van der Waals surface area contributed by atoms with E-state index in [2.05, 4.69) is 47.3 Å². The Balaban J connectivity index is 1.32. The molecule has 5 rings (SSSR count). The smallest absolute Gasteiger partial charge is 0.334 e. The summed E-state index contributed by atoms with van der Waals surface area (Å²) in [6.07, 6.45) is 17.7. The molecule has 0 bridgehead atoms. The molecule has 2 nitrogen and oxygen atoms in total. The highest BCUT2D eigenvalue weighted by atomic mass is 16.6. The Morgan fingerprint density at radius 3 is 2.52 bits per heavy atom. The van der Waals surface area contributed by atoms with Crippen molar-refractivity contribution in [2.75, 3.05) is 0 Å². The van der Waals surface area contributed by atoms with E-state index in [1.54, 1.807) is 5.57 Å². The van der Waals surface area contributed by atoms with E-state index in [0.29, 0.717) is 16.4 Å². The van der Waals surface area contributed by atoms with Crippen molar-refractivity contribution >= 4 is 5.97 Å². The lowest BCUT2D eigenvalue weighted by molar-refractivity contribution is -0.150. The van der Waals surface area contributed by atoms with Gasteiger partial charge in [-0.15, -0.1) is 0 Å². The molecule has 0 N–H and O–H groups in total. The predicted molar refractivity (Wildman–Crippen MR) is 136 cm³/mol. The van der Waals surface area contributed by atoms with E-state index in [4.69, 9.17) is 4.74 Å². The monoisotopic (exact) mass is 452 g/mol. The van der Waals surface area contributed by atoms with Gasteiger partial charge in [0, 0.05) is 18.4 Å². The minimum Gasteiger partial charge on any atom is -0.455 e. The molecule has 4 fully saturated rings. The van der Waals surface area contributed by atoms with Crippen LogP contribution in [0.5, 0.6) is 0 Å². The fourth-order valence-corrected chi connectivity index (χ4v) is 9.73. The molecule has 0 unspecified atom stereocenters. The van der Waals surface area contributed by atoms with Crippen molar-refractivity contribution in [2.45, 2.75) is 117 Å². The zero-order valence-corrected chi connectivity index (χ0v) is 22.1. The van der Waals surface area contributed by atoms with Gasteiger partial charge >= 0.3 is 5.97 Å². The van der Waals surface area contributed by atoms with E-state index in [1.807, 2.05) is 0 Å². The quantitative estimate of drug-likeness (QED) is 0.238. The number of carbonyl (C=O) groups is 1. The zero-order chi connectivity index (χ0) is 23.6. The van der Waals surface area contributed by atoms with Crippen molar-refractivity contribution in [3.63, 3.8) is 0 Å². The summed E-state index contributed by atoms with van der Waals surface area (Å²) in [6.45, 7) is 16.5. The highest BCUT2D eigenvalue weighted by molar-refractivity contribution is 5.90. The van der Waals surface area contributed by atoms with Crippen molar-refractivity contribution in [1.82, 2.24) is 0 Å². The zero-order valence-electron chi connectivity index (χ0n) is 22.1. The Kier molecular flexibility index (Phi) is 5.93. The van der Waals surface area contributed by atoms with Crippen LogP contribution in [-0.4, -0.2) is 11.6 Å². The summed E-state index contributed by atoms with van der Waals surface area (Å²) in [7, 11) is 0. The number of carbonyl (C=O) groups excluding carboxylic acids is 1. The van der Waals surface area contributed by atoms with Crippen molar-refractivity contribution in [2.24, 2.45) is 46.3 Å². The van der Waals surface area contributed by atoms with Gasteiger partial charge in [0.25, 0.3) is 0 Å². The molecule has 1 saturated heterocycles. The van der Waals surface area contributed by atoms with Gasteiger partial charge < -0.3 is 4.74 Å². The first-order valence-corrected chi connectivity index (χ1v) is 14.2. The fourth-order valence-electron chi connectivity index (χ4n) is 9.73. The second-order valence-electron chi connectivity index (χ2n) is 13.8. The molecule has 0 radical (unpaired) electrons. The first-order chi connectivity index (χ1) is 15.6. The molecule has 5 aliphatic rings. The Morgan fingerprint density at radius 1 is 1.03 bits per heavy atom. The van der Waals surface area contributed by atoms with E-state index < -0.39 is 0 Å². The maximum absolute atomic E-state index is 12.1. The highest BCUT2D eigenvalue weighted by Crippen LogP contribution is 2.68. The maximum atomic E-state index is 12.1. The first-order valence-electron chi connectivity index (χ1n) is 14.2. The Morgan fingerprint density at radius 2 is 1.82 bits per heavy atom. The summed E-state index contributed by atoms with van der Waals surface area (Å²) >= 11 is 0. The fraction of sp³-hybridized carbons (Fsp3) is 0.839. The van der Waals surface area contributed by atoms with Crippen molar-refractivity contribution in [1.29, 1.82) is 0 Å². The highest BCUT2D eigenvalue weighted by Gasteiger charge is 2.61. The van der Waals surface area contributed by atoms with Gasteiger partial charge in [-0.2, -0.15) is 0 Å². The third kappa shape index (κ3) is 3.77. The summed E-state index contributed by atoms with van der Waals surface area (Å²) in [6, 6.07) is 0. The minimum atomic E-state index is -0.278. The van der Waals surface area contributed by atoms with Crippen LogP contribution in [-0.2, 0) is 9.53 Å². The molecule has 8 atom stereocenters. The van der Waals surface area contributed by atoms with Crippen LogP contribution < -0.4 is 0 Å². The standard InChI is InChI=1S/C31H48O2/c1-20(2)8-7-9-21(3)25-12-13-26-24-11-10-23-19-31(18-22(4)28(32)33-31)17-16-29(23,5)27(24)14-15-30(25,26)6/h10,20-21,24-27H,4,7-9,11-19H2,1-3,5-6H3/t21-,24+,25-,26+,27+,29+,30-,31-/m1/s1. The van der Waals surface area contributed by atoms with E-state index in [9.17, 15) is 4.79 Å². The van der Waals surface area contributed by atoms with Gasteiger partial charge in [-0.3, -0.25) is 0 Å². The molecular formula is C31H48O2. The molecule has 0 aromatic heterocycles. The molecule has 3 saturated carbocycles. The topological polar surface area (TPSA) is 26.3 Å². The van der Waals surface area contributed by atoms with E-state index in [-0.39, 0.29) is 11.6 Å². The molecule has 184 valence electrons. The molecule has 0 aromatic rings. The summed E-state index contributed by atoms with van der Waals surface area (Å²) in [5.41, 5.74) is 2.87. The molecule has 33 heavy (non-hydrogen) atoms. The minimum absolute atomic E-state index is 0.152. The van der Waals surface area contributed by atoms with Crippen molar-refractivity contribution in [3.8, 4) is 0 Å². The molecule has 0 amide bonds. The number of allylic oxidation sites excluding steroid dienone is 1. The number of hydrogen-bond donors (Lipinski definition) is 0.